The van der Waals surface area contributed by atoms with Gasteiger partial charge < -0.3 is 0 Å². The average molecular weight is 254 g/mol. The van der Waals surface area contributed by atoms with Gasteiger partial charge in [0.1, 0.15) is 5.41 Å². The van der Waals surface area contributed by atoms with Gasteiger partial charge in [-0.05, 0) is 37.2 Å². The third-order valence-electron chi connectivity index (χ3n) is 3.81. The Balaban J connectivity index is 1.85. The summed E-state index contributed by atoms with van der Waals surface area (Å²) in [7, 11) is 0. The Kier molecular flexibility index (Phi) is 2.43. The normalized spacial score (nSPS) is 28.5. The van der Waals surface area contributed by atoms with E-state index in [2.05, 4.69) is 5.32 Å². The summed E-state index contributed by atoms with van der Waals surface area (Å²) in [5, 5.41) is 2.33. The lowest BCUT2D eigenvalue weighted by Crippen LogP contribution is -2.62. The first-order valence-electron chi connectivity index (χ1n) is 5.92. The van der Waals surface area contributed by atoms with Crippen molar-refractivity contribution in [1.29, 1.82) is 0 Å². The van der Waals surface area contributed by atoms with E-state index in [-0.39, 0.29) is 11.9 Å². The van der Waals surface area contributed by atoms with Crippen LogP contribution in [-0.4, -0.2) is 40.3 Å². The molecule has 2 aliphatic heterocycles. The summed E-state index contributed by atoms with van der Waals surface area (Å²) < 4.78 is 0. The van der Waals surface area contributed by atoms with Gasteiger partial charge in [0, 0.05) is 6.04 Å². The Morgan fingerprint density at radius 2 is 1.82 bits per heavy atom. The van der Waals surface area contributed by atoms with Crippen LogP contribution in [-0.2, 0) is 9.59 Å². The molecular weight excluding hydrogens is 240 g/mol. The second-order valence-corrected chi connectivity index (χ2v) is 6.08. The predicted molar refractivity (Wildman–Crippen MR) is 62.4 cm³/mol. The molecule has 2 saturated heterocycles. The smallest absolute Gasteiger partial charge is 0.277 e. The Morgan fingerprint density at radius 3 is 2.41 bits per heavy atom. The number of thioether (sulfide) groups is 1. The molecule has 1 aliphatic carbocycles. The molecule has 5 nitrogen and oxygen atoms in total. The van der Waals surface area contributed by atoms with Crippen LogP contribution in [0.25, 0.3) is 0 Å². The number of nitrogens with zero attached hydrogens (tertiary/aromatic N) is 1. The van der Waals surface area contributed by atoms with Crippen molar-refractivity contribution < 1.29 is 14.4 Å². The number of hydrogen-bond acceptors (Lipinski definition) is 4. The molecule has 92 valence electrons. The number of urea groups is 1. The van der Waals surface area contributed by atoms with Crippen LogP contribution < -0.4 is 5.32 Å². The van der Waals surface area contributed by atoms with Crippen molar-refractivity contribution in [2.45, 2.75) is 31.7 Å². The maximum atomic E-state index is 12.3. The first-order chi connectivity index (χ1) is 8.15. The molecule has 2 heterocycles. The molecule has 0 bridgehead atoms. The minimum Gasteiger partial charge on any atom is -0.277 e. The molecule has 3 rings (SSSR count). The van der Waals surface area contributed by atoms with Crippen LogP contribution >= 0.6 is 11.8 Å². The standard InChI is InChI=1S/C11H14N2O3S/c14-8-11(3-4-11)9(15)13(10(16)12-8)7-1-5-17-6-2-7/h7H,1-6H2,(H,12,14,16). The molecule has 1 N–H and O–H groups in total. The van der Waals surface area contributed by atoms with Crippen LogP contribution in [0.15, 0.2) is 0 Å². The summed E-state index contributed by atoms with van der Waals surface area (Å²) in [6.07, 6.45) is 2.86. The van der Waals surface area contributed by atoms with Crippen molar-refractivity contribution in [3.05, 3.63) is 0 Å². The molecule has 3 fully saturated rings. The zero-order valence-corrected chi connectivity index (χ0v) is 10.2. The van der Waals surface area contributed by atoms with E-state index >= 15 is 0 Å². The Labute approximate surface area is 103 Å². The second kappa shape index (κ2) is 3.73. The zero-order valence-electron chi connectivity index (χ0n) is 9.40. The first-order valence-corrected chi connectivity index (χ1v) is 7.07. The van der Waals surface area contributed by atoms with Gasteiger partial charge in [-0.3, -0.25) is 19.8 Å². The summed E-state index contributed by atoms with van der Waals surface area (Å²) in [4.78, 5) is 37.0. The predicted octanol–water partition coefficient (Wildman–Crippen LogP) is 0.741. The fourth-order valence-electron chi connectivity index (χ4n) is 2.54. The summed E-state index contributed by atoms with van der Waals surface area (Å²) >= 11 is 1.84. The third-order valence-corrected chi connectivity index (χ3v) is 4.86. The lowest BCUT2D eigenvalue weighted by atomic mass is 9.99. The molecule has 17 heavy (non-hydrogen) atoms. The van der Waals surface area contributed by atoms with Gasteiger partial charge in [0.25, 0.3) is 0 Å². The highest BCUT2D eigenvalue weighted by atomic mass is 32.2. The minimum atomic E-state index is -0.890. The van der Waals surface area contributed by atoms with E-state index in [1.54, 1.807) is 0 Å². The molecule has 0 aromatic rings. The molecular formula is C11H14N2O3S. The van der Waals surface area contributed by atoms with Crippen molar-refractivity contribution in [2.75, 3.05) is 11.5 Å². The topological polar surface area (TPSA) is 66.5 Å². The van der Waals surface area contributed by atoms with Crippen LogP contribution in [0.2, 0.25) is 0 Å². The van der Waals surface area contributed by atoms with Gasteiger partial charge in [0.2, 0.25) is 11.8 Å². The summed E-state index contributed by atoms with van der Waals surface area (Å²) in [5.41, 5.74) is -0.890. The quantitative estimate of drug-likeness (QED) is 0.701. The van der Waals surface area contributed by atoms with Crippen LogP contribution in [0.5, 0.6) is 0 Å². The van der Waals surface area contributed by atoms with E-state index in [0.29, 0.717) is 12.8 Å². The van der Waals surface area contributed by atoms with Gasteiger partial charge in [-0.2, -0.15) is 11.8 Å². The second-order valence-electron chi connectivity index (χ2n) is 4.86. The lowest BCUT2D eigenvalue weighted by molar-refractivity contribution is -0.146. The number of carbonyl (C=O) groups is 3. The van der Waals surface area contributed by atoms with Crippen molar-refractivity contribution in [3.63, 3.8) is 0 Å². The van der Waals surface area contributed by atoms with Crippen molar-refractivity contribution in [3.8, 4) is 0 Å². The molecule has 4 amide bonds. The van der Waals surface area contributed by atoms with E-state index in [4.69, 9.17) is 0 Å². The molecule has 0 radical (unpaired) electrons. The lowest BCUT2D eigenvalue weighted by Gasteiger charge is -2.37. The fraction of sp³-hybridized carbons (Fsp3) is 0.727. The first kappa shape index (κ1) is 11.1. The zero-order chi connectivity index (χ0) is 12.0. The number of nitrogens with one attached hydrogen (secondary N) is 1. The minimum absolute atomic E-state index is 0.0191. The van der Waals surface area contributed by atoms with Gasteiger partial charge in [-0.25, -0.2) is 4.79 Å². The molecule has 1 spiro atoms. The van der Waals surface area contributed by atoms with Gasteiger partial charge in [-0.15, -0.1) is 0 Å². The summed E-state index contributed by atoms with van der Waals surface area (Å²) in [6, 6.07) is -0.538. The number of hydrogen-bond donors (Lipinski definition) is 1. The summed E-state index contributed by atoms with van der Waals surface area (Å²) in [5.74, 6) is 1.29. The van der Waals surface area contributed by atoms with Crippen LogP contribution in [0.1, 0.15) is 25.7 Å². The van der Waals surface area contributed by atoms with Crippen LogP contribution in [0.4, 0.5) is 4.79 Å². The Hall–Kier alpha value is -1.04. The van der Waals surface area contributed by atoms with Gasteiger partial charge in [0.05, 0.1) is 0 Å². The molecule has 1 saturated carbocycles. The Morgan fingerprint density at radius 1 is 1.18 bits per heavy atom. The maximum absolute atomic E-state index is 12.3. The third kappa shape index (κ3) is 1.57. The molecule has 3 aliphatic rings. The molecule has 0 unspecified atom stereocenters. The molecule has 0 atom stereocenters. The fourth-order valence-corrected chi connectivity index (χ4v) is 3.62. The van der Waals surface area contributed by atoms with E-state index in [1.165, 1.54) is 4.90 Å². The summed E-state index contributed by atoms with van der Waals surface area (Å²) in [6.45, 7) is 0. The SMILES string of the molecule is O=C1NC(=O)C2(CC2)C(=O)N1C1CCSCC1. The van der Waals surface area contributed by atoms with Crippen LogP contribution in [0.3, 0.4) is 0 Å². The highest BCUT2D eigenvalue weighted by molar-refractivity contribution is 7.99. The van der Waals surface area contributed by atoms with E-state index in [0.717, 1.165) is 24.3 Å². The van der Waals surface area contributed by atoms with Gasteiger partial charge in [-0.1, -0.05) is 0 Å². The van der Waals surface area contributed by atoms with E-state index < -0.39 is 17.4 Å². The van der Waals surface area contributed by atoms with Gasteiger partial charge in [0.15, 0.2) is 0 Å². The monoisotopic (exact) mass is 254 g/mol. The molecule has 6 heteroatoms. The number of carbonyl (C=O) groups excluding carboxylic acids is 3. The van der Waals surface area contributed by atoms with E-state index in [1.807, 2.05) is 11.8 Å². The van der Waals surface area contributed by atoms with Crippen molar-refractivity contribution in [1.82, 2.24) is 10.2 Å². The molecule has 0 aromatic heterocycles. The van der Waals surface area contributed by atoms with Gasteiger partial charge >= 0.3 is 6.03 Å². The Bertz CT molecular complexity index is 400. The number of amides is 4. The molecule has 0 aromatic carbocycles. The highest BCUT2D eigenvalue weighted by Gasteiger charge is 2.62. The van der Waals surface area contributed by atoms with E-state index in [9.17, 15) is 14.4 Å². The number of rotatable bonds is 1. The largest absolute Gasteiger partial charge is 0.331 e. The number of imide groups is 2. The average Bonchev–Trinajstić information content (AvgIpc) is 3.10. The van der Waals surface area contributed by atoms with Crippen LogP contribution in [0, 0.1) is 5.41 Å². The maximum Gasteiger partial charge on any atom is 0.331 e. The number of barbiturate groups is 1. The highest BCUT2D eigenvalue weighted by Crippen LogP contribution is 2.49. The van der Waals surface area contributed by atoms with Crippen molar-refractivity contribution >= 4 is 29.6 Å². The van der Waals surface area contributed by atoms with Crippen molar-refractivity contribution in [2.24, 2.45) is 5.41 Å².